The first-order valence-corrected chi connectivity index (χ1v) is 5.28. The zero-order valence-corrected chi connectivity index (χ0v) is 8.81. The molecule has 1 heterocycles. The summed E-state index contributed by atoms with van der Waals surface area (Å²) in [6.45, 7) is 0. The van der Waals surface area contributed by atoms with Gasteiger partial charge in [-0.05, 0) is 0 Å². The van der Waals surface area contributed by atoms with Crippen molar-refractivity contribution in [2.45, 2.75) is 12.6 Å². The number of ketones is 2. The molecular formula is C13H8FNO2. The van der Waals surface area contributed by atoms with Gasteiger partial charge in [-0.15, -0.1) is 0 Å². The van der Waals surface area contributed by atoms with Gasteiger partial charge in [0.15, 0.2) is 5.78 Å². The number of fused-ring (bicyclic) bond motifs is 1. The minimum atomic E-state index is -1.28. The number of carbonyl (C=O) groups excluding carboxylic acids is 2. The van der Waals surface area contributed by atoms with Gasteiger partial charge in [-0.1, -0.05) is 24.3 Å². The van der Waals surface area contributed by atoms with E-state index >= 15 is 0 Å². The smallest absolute Gasteiger partial charge is 0.212 e. The Hall–Kier alpha value is -2.10. The normalized spacial score (nSPS) is 22.5. The second-order valence-corrected chi connectivity index (χ2v) is 4.03. The van der Waals surface area contributed by atoms with E-state index in [-0.39, 0.29) is 29.3 Å². The number of allylic oxidation sites excluding steroid dienone is 2. The summed E-state index contributed by atoms with van der Waals surface area (Å²) in [6.07, 6.45) is -0.258. The van der Waals surface area contributed by atoms with Crippen LogP contribution in [0, 0.1) is 0 Å². The summed E-state index contributed by atoms with van der Waals surface area (Å²) < 4.78 is 13.2. The molecule has 1 aliphatic carbocycles. The van der Waals surface area contributed by atoms with Gasteiger partial charge in [0.1, 0.15) is 11.9 Å². The lowest BCUT2D eigenvalue weighted by atomic mass is 9.84. The Balaban J connectivity index is 2.21. The summed E-state index contributed by atoms with van der Waals surface area (Å²) in [5, 5.41) is 0. The largest absolute Gasteiger partial charge is 0.289 e. The molecule has 3 rings (SSSR count). The predicted octanol–water partition coefficient (Wildman–Crippen LogP) is 2.13. The summed E-state index contributed by atoms with van der Waals surface area (Å²) in [5.74, 6) is -0.576. The molecule has 84 valence electrons. The zero-order valence-electron chi connectivity index (χ0n) is 8.81. The van der Waals surface area contributed by atoms with E-state index < -0.39 is 6.17 Å². The molecule has 0 radical (unpaired) electrons. The van der Waals surface area contributed by atoms with Gasteiger partial charge >= 0.3 is 0 Å². The summed E-state index contributed by atoms with van der Waals surface area (Å²) >= 11 is 0. The SMILES string of the molecule is O=C1C2=C(N=CC(F)C2)C(=O)c2ccccc21. The van der Waals surface area contributed by atoms with Crippen LogP contribution in [0.25, 0.3) is 0 Å². The molecule has 2 aliphatic rings. The van der Waals surface area contributed by atoms with Gasteiger partial charge in [-0.2, -0.15) is 0 Å². The van der Waals surface area contributed by atoms with Crippen LogP contribution >= 0.6 is 0 Å². The van der Waals surface area contributed by atoms with Crippen LogP contribution in [0.15, 0.2) is 40.5 Å². The molecule has 0 amide bonds. The molecule has 0 saturated carbocycles. The molecule has 0 N–H and O–H groups in total. The molecule has 0 aromatic heterocycles. The van der Waals surface area contributed by atoms with Gasteiger partial charge in [0.25, 0.3) is 0 Å². The van der Waals surface area contributed by atoms with Crippen LogP contribution in [0.5, 0.6) is 0 Å². The maximum Gasteiger partial charge on any atom is 0.212 e. The number of aliphatic imine (C=N–C) groups is 1. The van der Waals surface area contributed by atoms with Crippen LogP contribution in [-0.2, 0) is 0 Å². The molecule has 0 saturated heterocycles. The average Bonchev–Trinajstić information content (AvgIpc) is 2.36. The van der Waals surface area contributed by atoms with Crippen LogP contribution in [0.1, 0.15) is 27.1 Å². The second kappa shape index (κ2) is 3.45. The number of hydrogen-bond acceptors (Lipinski definition) is 3. The fourth-order valence-electron chi connectivity index (χ4n) is 2.14. The highest BCUT2D eigenvalue weighted by Crippen LogP contribution is 2.31. The second-order valence-electron chi connectivity index (χ2n) is 4.03. The molecule has 1 atom stereocenters. The molecule has 4 heteroatoms. The number of benzene rings is 1. The Morgan fingerprint density at radius 2 is 1.76 bits per heavy atom. The Labute approximate surface area is 96.7 Å². The topological polar surface area (TPSA) is 46.5 Å². The maximum atomic E-state index is 13.2. The van der Waals surface area contributed by atoms with Crippen molar-refractivity contribution < 1.29 is 14.0 Å². The van der Waals surface area contributed by atoms with Crippen LogP contribution in [-0.4, -0.2) is 24.0 Å². The standard InChI is InChI=1S/C13H8FNO2/c14-7-5-10-11(15-6-7)13(17)9-4-2-1-3-8(9)12(10)16/h1-4,6-7H,5H2. The minimum absolute atomic E-state index is 0.0578. The van der Waals surface area contributed by atoms with E-state index in [2.05, 4.69) is 4.99 Å². The fraction of sp³-hybridized carbons (Fsp3) is 0.154. The molecule has 1 aliphatic heterocycles. The van der Waals surface area contributed by atoms with Crippen molar-refractivity contribution in [1.82, 2.24) is 0 Å². The zero-order chi connectivity index (χ0) is 12.0. The van der Waals surface area contributed by atoms with Crippen molar-refractivity contribution in [1.29, 1.82) is 0 Å². The van der Waals surface area contributed by atoms with E-state index in [1.54, 1.807) is 24.3 Å². The van der Waals surface area contributed by atoms with Crippen molar-refractivity contribution >= 4 is 17.8 Å². The lowest BCUT2D eigenvalue weighted by Gasteiger charge is -2.21. The monoisotopic (exact) mass is 229 g/mol. The number of carbonyl (C=O) groups is 2. The third-order valence-electron chi connectivity index (χ3n) is 2.96. The first kappa shape index (κ1) is 10.1. The van der Waals surface area contributed by atoms with Crippen LogP contribution in [0.3, 0.4) is 0 Å². The molecule has 17 heavy (non-hydrogen) atoms. The fourth-order valence-corrected chi connectivity index (χ4v) is 2.14. The van der Waals surface area contributed by atoms with E-state index in [4.69, 9.17) is 0 Å². The maximum absolute atomic E-state index is 13.2. The molecule has 0 bridgehead atoms. The Morgan fingerprint density at radius 1 is 1.12 bits per heavy atom. The van der Waals surface area contributed by atoms with Gasteiger partial charge in [-0.3, -0.25) is 14.6 Å². The molecule has 3 nitrogen and oxygen atoms in total. The first-order chi connectivity index (χ1) is 8.18. The van der Waals surface area contributed by atoms with E-state index in [1.165, 1.54) is 0 Å². The number of alkyl halides is 1. The van der Waals surface area contributed by atoms with E-state index in [0.29, 0.717) is 11.1 Å². The number of Topliss-reactive ketones (excluding diaryl/α,β-unsaturated/α-hetero) is 2. The van der Waals surface area contributed by atoms with E-state index in [9.17, 15) is 14.0 Å². The predicted molar refractivity (Wildman–Crippen MR) is 60.1 cm³/mol. The minimum Gasteiger partial charge on any atom is -0.289 e. The van der Waals surface area contributed by atoms with Gasteiger partial charge in [0.05, 0.1) is 0 Å². The van der Waals surface area contributed by atoms with Crippen molar-refractivity contribution in [3.8, 4) is 0 Å². The van der Waals surface area contributed by atoms with Crippen molar-refractivity contribution in [3.63, 3.8) is 0 Å². The Bertz CT molecular complexity index is 601. The highest BCUT2D eigenvalue weighted by Gasteiger charge is 2.34. The van der Waals surface area contributed by atoms with Crippen molar-refractivity contribution in [3.05, 3.63) is 46.7 Å². The molecular weight excluding hydrogens is 221 g/mol. The molecule has 0 fully saturated rings. The van der Waals surface area contributed by atoms with Gasteiger partial charge < -0.3 is 0 Å². The summed E-state index contributed by atoms with van der Waals surface area (Å²) in [4.78, 5) is 27.9. The number of halogens is 1. The molecule has 0 spiro atoms. The Kier molecular flexibility index (Phi) is 2.04. The van der Waals surface area contributed by atoms with E-state index in [0.717, 1.165) is 6.21 Å². The third kappa shape index (κ3) is 1.37. The molecule has 1 aromatic carbocycles. The molecule has 1 unspecified atom stereocenters. The van der Waals surface area contributed by atoms with E-state index in [1.807, 2.05) is 0 Å². The van der Waals surface area contributed by atoms with Gasteiger partial charge in [0, 0.05) is 29.3 Å². The average molecular weight is 229 g/mol. The highest BCUT2D eigenvalue weighted by atomic mass is 19.1. The summed E-state index contributed by atoms with van der Waals surface area (Å²) in [6, 6.07) is 6.57. The number of hydrogen-bond donors (Lipinski definition) is 0. The lowest BCUT2D eigenvalue weighted by Crippen LogP contribution is -2.26. The first-order valence-electron chi connectivity index (χ1n) is 5.28. The highest BCUT2D eigenvalue weighted by molar-refractivity contribution is 6.27. The number of rotatable bonds is 0. The number of nitrogens with zero attached hydrogens (tertiary/aromatic N) is 1. The Morgan fingerprint density at radius 3 is 2.47 bits per heavy atom. The van der Waals surface area contributed by atoms with Crippen molar-refractivity contribution in [2.24, 2.45) is 4.99 Å². The van der Waals surface area contributed by atoms with Gasteiger partial charge in [0.2, 0.25) is 5.78 Å². The van der Waals surface area contributed by atoms with Crippen LogP contribution in [0.4, 0.5) is 4.39 Å². The summed E-state index contributed by atoms with van der Waals surface area (Å²) in [7, 11) is 0. The third-order valence-corrected chi connectivity index (χ3v) is 2.96. The van der Waals surface area contributed by atoms with Crippen molar-refractivity contribution in [2.75, 3.05) is 0 Å². The van der Waals surface area contributed by atoms with Crippen LogP contribution in [0.2, 0.25) is 0 Å². The van der Waals surface area contributed by atoms with Crippen LogP contribution < -0.4 is 0 Å². The quantitative estimate of drug-likeness (QED) is 0.684. The summed E-state index contributed by atoms with van der Waals surface area (Å²) in [5.41, 5.74) is 0.998. The van der Waals surface area contributed by atoms with Gasteiger partial charge in [-0.25, -0.2) is 4.39 Å². The molecule has 1 aromatic rings. The lowest BCUT2D eigenvalue weighted by molar-refractivity contribution is 0.0967.